The minimum absolute atomic E-state index is 0.624. The first kappa shape index (κ1) is 7.07. The Kier molecular flexibility index (Phi) is 1.59. The molecule has 1 aromatic heterocycles. The summed E-state index contributed by atoms with van der Waals surface area (Å²) in [6.45, 7) is 0.736. The number of halogens is 1. The van der Waals surface area contributed by atoms with Crippen LogP contribution in [0.25, 0.3) is 0 Å². The Morgan fingerprint density at radius 3 is 2.82 bits per heavy atom. The molecule has 1 atom stereocenters. The summed E-state index contributed by atoms with van der Waals surface area (Å²) in [7, 11) is 0. The highest BCUT2D eigenvalue weighted by Crippen LogP contribution is 2.39. The van der Waals surface area contributed by atoms with Crippen molar-refractivity contribution < 1.29 is 4.74 Å². The lowest BCUT2D eigenvalue weighted by Crippen LogP contribution is -2.35. The Bertz CT molecular complexity index is 246. The van der Waals surface area contributed by atoms with Crippen molar-refractivity contribution in [1.82, 2.24) is 4.98 Å². The number of alkyl halides is 1. The molecule has 1 aliphatic rings. The molecule has 1 aliphatic heterocycles. The molecule has 11 heavy (non-hydrogen) atoms. The predicted octanol–water partition coefficient (Wildman–Crippen LogP) is 1.89. The van der Waals surface area contributed by atoms with Crippen LogP contribution in [0.4, 0.5) is 0 Å². The Morgan fingerprint density at radius 2 is 2.36 bits per heavy atom. The van der Waals surface area contributed by atoms with Crippen LogP contribution in [0.5, 0.6) is 0 Å². The second kappa shape index (κ2) is 2.47. The first-order valence-electron chi connectivity index (χ1n) is 3.56. The van der Waals surface area contributed by atoms with Gasteiger partial charge in [-0.1, -0.05) is 17.7 Å². The molecule has 1 saturated heterocycles. The summed E-state index contributed by atoms with van der Waals surface area (Å²) in [5, 5.41) is -0.624. The van der Waals surface area contributed by atoms with Crippen molar-refractivity contribution in [3.63, 3.8) is 0 Å². The van der Waals surface area contributed by atoms with Crippen molar-refractivity contribution in [3.05, 3.63) is 30.1 Å². The van der Waals surface area contributed by atoms with Gasteiger partial charge in [0.1, 0.15) is 0 Å². The number of hydrogen-bond acceptors (Lipinski definition) is 2. The van der Waals surface area contributed by atoms with E-state index in [4.69, 9.17) is 16.3 Å². The van der Waals surface area contributed by atoms with Crippen molar-refractivity contribution >= 4 is 11.6 Å². The Morgan fingerprint density at radius 1 is 1.55 bits per heavy atom. The normalized spacial score (nSPS) is 29.5. The number of aromatic nitrogens is 1. The Labute approximate surface area is 70.2 Å². The van der Waals surface area contributed by atoms with Gasteiger partial charge >= 0.3 is 0 Å². The van der Waals surface area contributed by atoms with E-state index in [1.54, 1.807) is 6.20 Å². The lowest BCUT2D eigenvalue weighted by atomic mass is 10.1. The zero-order valence-corrected chi connectivity index (χ0v) is 6.71. The van der Waals surface area contributed by atoms with Gasteiger partial charge in [0.2, 0.25) is 0 Å². The van der Waals surface area contributed by atoms with Crippen LogP contribution in [-0.2, 0) is 9.80 Å². The lowest BCUT2D eigenvalue weighted by Gasteiger charge is -2.35. The van der Waals surface area contributed by atoms with Crippen LogP contribution in [0.3, 0.4) is 0 Å². The van der Waals surface area contributed by atoms with Gasteiger partial charge in [-0.25, -0.2) is 0 Å². The third kappa shape index (κ3) is 1.12. The molecule has 2 heterocycles. The molecule has 1 fully saturated rings. The molecule has 0 N–H and O–H groups in total. The van der Waals surface area contributed by atoms with Gasteiger partial charge in [-0.2, -0.15) is 0 Å². The van der Waals surface area contributed by atoms with Crippen LogP contribution in [0, 0.1) is 0 Å². The van der Waals surface area contributed by atoms with Crippen LogP contribution in [0.1, 0.15) is 12.1 Å². The van der Waals surface area contributed by atoms with Gasteiger partial charge < -0.3 is 4.74 Å². The van der Waals surface area contributed by atoms with Crippen LogP contribution >= 0.6 is 11.6 Å². The van der Waals surface area contributed by atoms with Crippen LogP contribution in [0.15, 0.2) is 24.4 Å². The van der Waals surface area contributed by atoms with E-state index < -0.39 is 5.06 Å². The van der Waals surface area contributed by atoms with E-state index in [-0.39, 0.29) is 0 Å². The highest BCUT2D eigenvalue weighted by molar-refractivity contribution is 6.23. The average Bonchev–Trinajstić information content (AvgIpc) is 2.02. The maximum absolute atomic E-state index is 6.05. The molecule has 3 heteroatoms. The molecule has 0 bridgehead atoms. The topological polar surface area (TPSA) is 22.1 Å². The largest absolute Gasteiger partial charge is 0.354 e. The van der Waals surface area contributed by atoms with Gasteiger partial charge in [0, 0.05) is 12.6 Å². The highest BCUT2D eigenvalue weighted by Gasteiger charge is 2.39. The van der Waals surface area contributed by atoms with Gasteiger partial charge in [0.15, 0.2) is 5.06 Å². The fourth-order valence-corrected chi connectivity index (χ4v) is 1.33. The molecule has 0 aliphatic carbocycles. The third-order valence-electron chi connectivity index (χ3n) is 1.80. The fraction of sp³-hybridized carbons (Fsp3) is 0.375. The van der Waals surface area contributed by atoms with Crippen LogP contribution in [0.2, 0.25) is 0 Å². The second-order valence-electron chi connectivity index (χ2n) is 2.54. The zero-order chi connectivity index (χ0) is 7.73. The number of nitrogens with zero attached hydrogens (tertiary/aromatic N) is 1. The first-order valence-corrected chi connectivity index (χ1v) is 3.93. The molecule has 1 aromatic rings. The smallest absolute Gasteiger partial charge is 0.186 e. The summed E-state index contributed by atoms with van der Waals surface area (Å²) in [5.41, 5.74) is 0.813. The summed E-state index contributed by atoms with van der Waals surface area (Å²) in [4.78, 5) is 4.12. The number of pyridine rings is 1. The number of hydrogen-bond donors (Lipinski definition) is 0. The maximum atomic E-state index is 6.05. The summed E-state index contributed by atoms with van der Waals surface area (Å²) < 4.78 is 5.21. The zero-order valence-electron chi connectivity index (χ0n) is 5.96. The molecule has 0 amide bonds. The van der Waals surface area contributed by atoms with E-state index >= 15 is 0 Å². The van der Waals surface area contributed by atoms with Gasteiger partial charge in [0.25, 0.3) is 0 Å². The number of ether oxygens (including phenoxy) is 1. The number of rotatable bonds is 1. The minimum atomic E-state index is -0.624. The monoisotopic (exact) mass is 169 g/mol. The van der Waals surface area contributed by atoms with E-state index in [1.807, 2.05) is 18.2 Å². The first-order chi connectivity index (χ1) is 5.31. The van der Waals surface area contributed by atoms with E-state index in [1.165, 1.54) is 0 Å². The van der Waals surface area contributed by atoms with Gasteiger partial charge in [-0.05, 0) is 12.1 Å². The Balaban J connectivity index is 2.29. The van der Waals surface area contributed by atoms with Crippen molar-refractivity contribution in [2.75, 3.05) is 6.61 Å². The highest BCUT2D eigenvalue weighted by atomic mass is 35.5. The fourth-order valence-electron chi connectivity index (χ4n) is 1.07. The summed E-state index contributed by atoms with van der Waals surface area (Å²) >= 11 is 6.05. The SMILES string of the molecule is ClC1(c2ccccn2)CCO1. The quantitative estimate of drug-likeness (QED) is 0.599. The molecular formula is C8H8ClNO. The van der Waals surface area contributed by atoms with E-state index in [0.717, 1.165) is 18.7 Å². The van der Waals surface area contributed by atoms with Crippen LogP contribution in [-0.4, -0.2) is 11.6 Å². The molecule has 0 spiro atoms. The van der Waals surface area contributed by atoms with Crippen LogP contribution < -0.4 is 0 Å². The molecule has 2 rings (SSSR count). The maximum Gasteiger partial charge on any atom is 0.186 e. The summed E-state index contributed by atoms with van der Waals surface area (Å²) in [6, 6.07) is 5.66. The Hall–Kier alpha value is -0.600. The summed E-state index contributed by atoms with van der Waals surface area (Å²) in [6.07, 6.45) is 2.58. The van der Waals surface area contributed by atoms with Crippen molar-refractivity contribution in [2.24, 2.45) is 0 Å². The molecule has 2 nitrogen and oxygen atoms in total. The molecular weight excluding hydrogens is 162 g/mol. The molecule has 0 aromatic carbocycles. The van der Waals surface area contributed by atoms with Crippen molar-refractivity contribution in [2.45, 2.75) is 11.5 Å². The predicted molar refractivity (Wildman–Crippen MR) is 42.3 cm³/mol. The molecule has 0 radical (unpaired) electrons. The van der Waals surface area contributed by atoms with Gasteiger partial charge in [0.05, 0.1) is 12.3 Å². The molecule has 58 valence electrons. The standard InChI is InChI=1S/C8H8ClNO/c9-8(4-6-11-8)7-3-1-2-5-10-7/h1-3,5H,4,6H2. The lowest BCUT2D eigenvalue weighted by molar-refractivity contribution is -0.0927. The second-order valence-corrected chi connectivity index (χ2v) is 3.15. The molecule has 0 saturated carbocycles. The molecule has 1 unspecified atom stereocenters. The van der Waals surface area contributed by atoms with E-state index in [2.05, 4.69) is 4.98 Å². The van der Waals surface area contributed by atoms with E-state index in [0.29, 0.717) is 0 Å². The van der Waals surface area contributed by atoms with Gasteiger partial charge in [-0.15, -0.1) is 0 Å². The van der Waals surface area contributed by atoms with Gasteiger partial charge in [-0.3, -0.25) is 4.98 Å². The average molecular weight is 170 g/mol. The van der Waals surface area contributed by atoms with E-state index in [9.17, 15) is 0 Å². The summed E-state index contributed by atoms with van der Waals surface area (Å²) in [5.74, 6) is 0. The third-order valence-corrected chi connectivity index (χ3v) is 2.29. The minimum Gasteiger partial charge on any atom is -0.354 e. The van der Waals surface area contributed by atoms with Crippen molar-refractivity contribution in [3.8, 4) is 0 Å². The van der Waals surface area contributed by atoms with Crippen molar-refractivity contribution in [1.29, 1.82) is 0 Å².